The smallest absolute Gasteiger partial charge is 0.242 e. The van der Waals surface area contributed by atoms with Gasteiger partial charge in [-0.3, -0.25) is 4.79 Å². The molecule has 8 heteroatoms. The Bertz CT molecular complexity index is 771. The van der Waals surface area contributed by atoms with Gasteiger partial charge in [-0.1, -0.05) is 30.3 Å². The summed E-state index contributed by atoms with van der Waals surface area (Å²) in [5, 5.41) is 2.66. The van der Waals surface area contributed by atoms with E-state index in [1.165, 1.54) is 16.9 Å². The monoisotopic (exact) mass is 428 g/mol. The highest BCUT2D eigenvalue weighted by Gasteiger charge is 2.46. The van der Waals surface area contributed by atoms with E-state index in [0.717, 1.165) is 37.8 Å². The molecule has 2 heterocycles. The molecule has 0 bridgehead atoms. The molecule has 1 aliphatic carbocycles. The molecule has 4 N–H and O–H groups in total. The van der Waals surface area contributed by atoms with Gasteiger partial charge in [0.2, 0.25) is 5.91 Å². The van der Waals surface area contributed by atoms with E-state index >= 15 is 0 Å². The number of thiazole rings is 1. The molecular weight excluding hydrogens is 403 g/mol. The van der Waals surface area contributed by atoms with Crippen LogP contribution in [-0.4, -0.2) is 34.4 Å². The third kappa shape index (κ3) is 3.81. The van der Waals surface area contributed by atoms with E-state index in [-0.39, 0.29) is 36.1 Å². The quantitative estimate of drug-likeness (QED) is 0.784. The van der Waals surface area contributed by atoms with Crippen LogP contribution < -0.4 is 11.5 Å². The number of hydrogen-bond acceptors (Lipinski definition) is 5. The van der Waals surface area contributed by atoms with Crippen LogP contribution in [0.25, 0.3) is 0 Å². The van der Waals surface area contributed by atoms with E-state index in [1.807, 2.05) is 11.0 Å². The van der Waals surface area contributed by atoms with Crippen molar-refractivity contribution in [1.82, 2.24) is 9.88 Å². The summed E-state index contributed by atoms with van der Waals surface area (Å²) < 4.78 is 0. The molecule has 148 valence electrons. The molecule has 2 aromatic rings. The Kier molecular flexibility index (Phi) is 6.79. The van der Waals surface area contributed by atoms with Crippen LogP contribution in [0, 0.1) is 0 Å². The number of nitrogen functional groups attached to an aromatic ring is 1. The summed E-state index contributed by atoms with van der Waals surface area (Å²) in [5.41, 5.74) is 13.6. The molecule has 0 radical (unpaired) electrons. The van der Waals surface area contributed by atoms with Gasteiger partial charge in [-0.15, -0.1) is 36.2 Å². The van der Waals surface area contributed by atoms with E-state index < -0.39 is 5.54 Å². The number of nitrogens with zero attached hydrogens (tertiary/aromatic N) is 2. The van der Waals surface area contributed by atoms with Crippen molar-refractivity contribution in [1.29, 1.82) is 0 Å². The van der Waals surface area contributed by atoms with Crippen LogP contribution in [0.1, 0.15) is 43.4 Å². The second-order valence-corrected chi connectivity index (χ2v) is 8.21. The summed E-state index contributed by atoms with van der Waals surface area (Å²) in [5.74, 6) is 0.123. The van der Waals surface area contributed by atoms with Gasteiger partial charge in [0, 0.05) is 23.9 Å². The maximum Gasteiger partial charge on any atom is 0.242 e. The topological polar surface area (TPSA) is 85.2 Å². The van der Waals surface area contributed by atoms with Crippen LogP contribution in [-0.2, 0) is 10.2 Å². The van der Waals surface area contributed by atoms with E-state index in [4.69, 9.17) is 11.5 Å². The molecular formula is C19H26Cl2N4OS. The molecule has 2 aliphatic rings. The van der Waals surface area contributed by atoms with Crippen molar-refractivity contribution >= 4 is 47.2 Å². The van der Waals surface area contributed by atoms with E-state index in [0.29, 0.717) is 18.2 Å². The predicted octanol–water partition coefficient (Wildman–Crippen LogP) is 3.36. The second kappa shape index (κ2) is 8.35. The first-order valence-corrected chi connectivity index (χ1v) is 9.77. The molecule has 0 unspecified atom stereocenters. The summed E-state index contributed by atoms with van der Waals surface area (Å²) in [6.07, 6.45) is 4.38. The normalized spacial score (nSPS) is 20.0. The lowest BCUT2D eigenvalue weighted by atomic mass is 9.70. The summed E-state index contributed by atoms with van der Waals surface area (Å²) >= 11 is 1.48. The van der Waals surface area contributed by atoms with Crippen molar-refractivity contribution in [2.24, 2.45) is 5.73 Å². The SMILES string of the molecule is Cl.Cl.Nc1nc(C2(c3ccccc3)CCN(C(=O)C3(N)CCC3)CC2)cs1. The number of aromatic nitrogens is 1. The number of amides is 1. The molecule has 1 saturated carbocycles. The number of hydrogen-bond donors (Lipinski definition) is 2. The van der Waals surface area contributed by atoms with Gasteiger partial charge in [0.15, 0.2) is 5.13 Å². The fourth-order valence-corrected chi connectivity index (χ4v) is 4.80. The Morgan fingerprint density at radius 3 is 2.19 bits per heavy atom. The highest BCUT2D eigenvalue weighted by molar-refractivity contribution is 7.13. The first-order valence-electron chi connectivity index (χ1n) is 8.89. The van der Waals surface area contributed by atoms with Gasteiger partial charge in [-0.25, -0.2) is 4.98 Å². The molecule has 0 atom stereocenters. The van der Waals surface area contributed by atoms with Crippen molar-refractivity contribution in [2.75, 3.05) is 18.8 Å². The molecule has 4 rings (SSSR count). The number of benzene rings is 1. The molecule has 5 nitrogen and oxygen atoms in total. The number of rotatable bonds is 3. The van der Waals surface area contributed by atoms with Crippen molar-refractivity contribution < 1.29 is 4.79 Å². The average molecular weight is 429 g/mol. The minimum absolute atomic E-state index is 0. The lowest BCUT2D eigenvalue weighted by Gasteiger charge is -2.46. The maximum atomic E-state index is 12.8. The van der Waals surface area contributed by atoms with Gasteiger partial charge in [-0.05, 0) is 37.7 Å². The predicted molar refractivity (Wildman–Crippen MR) is 115 cm³/mol. The lowest BCUT2D eigenvalue weighted by molar-refractivity contribution is -0.141. The molecule has 1 amide bonds. The molecule has 27 heavy (non-hydrogen) atoms. The van der Waals surface area contributed by atoms with E-state index in [9.17, 15) is 4.79 Å². The van der Waals surface area contributed by atoms with Crippen LogP contribution in [0.4, 0.5) is 5.13 Å². The van der Waals surface area contributed by atoms with Crippen molar-refractivity contribution in [3.63, 3.8) is 0 Å². The van der Waals surface area contributed by atoms with Gasteiger partial charge in [0.1, 0.15) is 0 Å². The largest absolute Gasteiger partial charge is 0.375 e. The highest BCUT2D eigenvalue weighted by atomic mass is 35.5. The van der Waals surface area contributed by atoms with Gasteiger partial charge in [0.05, 0.1) is 11.2 Å². The maximum absolute atomic E-state index is 12.8. The number of nitrogens with two attached hydrogens (primary N) is 2. The molecule has 0 spiro atoms. The third-order valence-corrected chi connectivity index (χ3v) is 6.59. The first-order chi connectivity index (χ1) is 12.0. The fraction of sp³-hybridized carbons (Fsp3) is 0.474. The number of likely N-dealkylation sites (tertiary alicyclic amines) is 1. The summed E-state index contributed by atoms with van der Waals surface area (Å²) in [6.45, 7) is 1.42. The Morgan fingerprint density at radius 1 is 1.07 bits per heavy atom. The second-order valence-electron chi connectivity index (χ2n) is 7.32. The highest BCUT2D eigenvalue weighted by Crippen LogP contribution is 2.43. The minimum Gasteiger partial charge on any atom is -0.375 e. The summed E-state index contributed by atoms with van der Waals surface area (Å²) in [4.78, 5) is 19.3. The molecule has 1 saturated heterocycles. The van der Waals surface area contributed by atoms with Crippen LogP contribution in [0.15, 0.2) is 35.7 Å². The number of carbonyl (C=O) groups excluding carboxylic acids is 1. The van der Waals surface area contributed by atoms with Crippen molar-refractivity contribution in [3.8, 4) is 0 Å². The van der Waals surface area contributed by atoms with Gasteiger partial charge < -0.3 is 16.4 Å². The van der Waals surface area contributed by atoms with Crippen LogP contribution >= 0.6 is 36.2 Å². The van der Waals surface area contributed by atoms with Crippen LogP contribution in [0.3, 0.4) is 0 Å². The lowest BCUT2D eigenvalue weighted by Crippen LogP contribution is -2.61. The zero-order valence-corrected chi connectivity index (χ0v) is 17.5. The summed E-state index contributed by atoms with van der Waals surface area (Å²) in [7, 11) is 0. The third-order valence-electron chi connectivity index (χ3n) is 5.91. The number of anilines is 1. The zero-order valence-electron chi connectivity index (χ0n) is 15.1. The molecule has 1 aromatic heterocycles. The minimum atomic E-state index is -0.613. The van der Waals surface area contributed by atoms with Gasteiger partial charge >= 0.3 is 0 Å². The standard InChI is InChI=1S/C19H24N4OS.2ClH/c20-17-22-15(13-25-17)18(14-5-2-1-3-6-14)9-11-23(12-10-18)16(24)19(21)7-4-8-19;;/h1-3,5-6,13H,4,7-12,21H2,(H2,20,22);2*1H. The van der Waals surface area contributed by atoms with Crippen LogP contribution in [0.2, 0.25) is 0 Å². The number of carbonyl (C=O) groups is 1. The number of halogens is 2. The van der Waals surface area contributed by atoms with Crippen LogP contribution in [0.5, 0.6) is 0 Å². The Labute approximate surface area is 176 Å². The number of piperidine rings is 1. The van der Waals surface area contributed by atoms with Gasteiger partial charge in [0.25, 0.3) is 0 Å². The van der Waals surface area contributed by atoms with Crippen molar-refractivity contribution in [2.45, 2.75) is 43.1 Å². The van der Waals surface area contributed by atoms with Crippen molar-refractivity contribution in [3.05, 3.63) is 47.0 Å². The first kappa shape index (κ1) is 22.0. The summed E-state index contributed by atoms with van der Waals surface area (Å²) in [6, 6.07) is 10.5. The molecule has 1 aromatic carbocycles. The zero-order chi connectivity index (χ0) is 17.5. The fourth-order valence-electron chi connectivity index (χ4n) is 4.14. The average Bonchev–Trinajstić information content (AvgIpc) is 3.07. The molecule has 2 fully saturated rings. The Morgan fingerprint density at radius 2 is 1.70 bits per heavy atom. The Balaban J connectivity index is 0.00000131. The van der Waals surface area contributed by atoms with E-state index in [2.05, 4.69) is 34.6 Å². The Hall–Kier alpha value is -1.34. The van der Waals surface area contributed by atoms with E-state index in [1.54, 1.807) is 0 Å². The molecule has 1 aliphatic heterocycles. The van der Waals surface area contributed by atoms with Gasteiger partial charge in [-0.2, -0.15) is 0 Å².